The zero-order valence-corrected chi connectivity index (χ0v) is 18.5. The molecule has 0 aromatic carbocycles. The third-order valence-corrected chi connectivity index (χ3v) is 6.91. The number of rotatable bonds is 4. The second kappa shape index (κ2) is 8.05. The molecule has 1 saturated carbocycles. The van der Waals surface area contributed by atoms with Crippen LogP contribution in [0.2, 0.25) is 5.15 Å². The van der Waals surface area contributed by atoms with Crippen LogP contribution in [0, 0.1) is 0 Å². The van der Waals surface area contributed by atoms with E-state index in [0.717, 1.165) is 23.3 Å². The molecule has 3 fully saturated rings. The van der Waals surface area contributed by atoms with Gasteiger partial charge in [-0.25, -0.2) is 9.78 Å². The second-order valence-corrected chi connectivity index (χ2v) is 8.95. The highest BCUT2D eigenvalue weighted by Crippen LogP contribution is 2.43. The lowest BCUT2D eigenvalue weighted by molar-refractivity contribution is -0.136. The number of methoxy groups -OCH3 is 1. The number of hydrogen-bond donors (Lipinski definition) is 0. The average Bonchev–Trinajstić information content (AvgIpc) is 3.47. The van der Waals surface area contributed by atoms with E-state index in [1.54, 1.807) is 4.90 Å². The summed E-state index contributed by atoms with van der Waals surface area (Å²) in [5.41, 5.74) is -0.998. The highest BCUT2D eigenvalue weighted by atomic mass is 35.5. The number of ether oxygens (including phenoxy) is 2. The number of hydrogen-bond acceptors (Lipinski definition) is 5. The van der Waals surface area contributed by atoms with Gasteiger partial charge in [0.05, 0.1) is 24.3 Å². The Balaban J connectivity index is 1.45. The van der Waals surface area contributed by atoms with E-state index in [-0.39, 0.29) is 35.9 Å². The van der Waals surface area contributed by atoms with E-state index in [9.17, 15) is 22.8 Å². The predicted molar refractivity (Wildman–Crippen MR) is 110 cm³/mol. The first-order valence-corrected chi connectivity index (χ1v) is 11.1. The summed E-state index contributed by atoms with van der Waals surface area (Å²) in [6.07, 6.45) is -1.92. The molecule has 0 radical (unpaired) electrons. The van der Waals surface area contributed by atoms with Crippen LogP contribution in [-0.2, 0) is 15.7 Å². The predicted octanol–water partition coefficient (Wildman–Crippen LogP) is 3.57. The molecule has 2 aromatic heterocycles. The first-order chi connectivity index (χ1) is 15.7. The SMILES string of the molecule is COC1CN(C(=O)c2nc3c(C(F)(F)F)cc(C4CC4)cn3c2Cl)CCC1N1CCOC1=O. The van der Waals surface area contributed by atoms with Gasteiger partial charge in [-0.15, -0.1) is 0 Å². The van der Waals surface area contributed by atoms with Crippen molar-refractivity contribution >= 4 is 29.2 Å². The number of halogens is 4. The molecule has 8 nitrogen and oxygen atoms in total. The summed E-state index contributed by atoms with van der Waals surface area (Å²) < 4.78 is 52.9. The summed E-state index contributed by atoms with van der Waals surface area (Å²) in [4.78, 5) is 32.3. The number of imidazole rings is 1. The Morgan fingerprint density at radius 1 is 1.27 bits per heavy atom. The molecular formula is C21H22ClF3N4O4. The van der Waals surface area contributed by atoms with E-state index in [2.05, 4.69) is 4.98 Å². The van der Waals surface area contributed by atoms with Crippen molar-refractivity contribution in [3.8, 4) is 0 Å². The molecule has 2 amide bonds. The number of piperidine rings is 1. The monoisotopic (exact) mass is 486 g/mol. The third-order valence-electron chi connectivity index (χ3n) is 6.55. The molecule has 1 aliphatic carbocycles. The zero-order valence-electron chi connectivity index (χ0n) is 17.8. The Bertz CT molecular complexity index is 1120. The minimum absolute atomic E-state index is 0.0619. The Labute approximate surface area is 192 Å². The van der Waals surface area contributed by atoms with E-state index in [1.807, 2.05) is 0 Å². The summed E-state index contributed by atoms with van der Waals surface area (Å²) in [6, 6.07) is 0.843. The lowest BCUT2D eigenvalue weighted by Crippen LogP contribution is -2.56. The standard InChI is InChI=1S/C21H22ClF3N4O4/c1-32-15-10-27(5-4-14(15)28-6-7-33-20(28)31)19(30)16-17(22)29-9-12(11-2-3-11)8-13(18(29)26-16)21(23,24)25/h8-9,11,14-15H,2-7,10H2,1H3. The van der Waals surface area contributed by atoms with Gasteiger partial charge in [-0.05, 0) is 36.8 Å². The van der Waals surface area contributed by atoms with Crippen molar-refractivity contribution in [2.45, 2.75) is 43.5 Å². The molecule has 2 unspecified atom stereocenters. The first kappa shape index (κ1) is 22.3. The molecule has 0 bridgehead atoms. The molecule has 2 saturated heterocycles. The normalized spacial score (nSPS) is 24.0. The van der Waals surface area contributed by atoms with Crippen LogP contribution in [0.4, 0.5) is 18.0 Å². The lowest BCUT2D eigenvalue weighted by atomic mass is 10.00. The number of fused-ring (bicyclic) bond motifs is 1. The summed E-state index contributed by atoms with van der Waals surface area (Å²) in [7, 11) is 1.49. The summed E-state index contributed by atoms with van der Waals surface area (Å²) in [5, 5.41) is -0.151. The molecule has 2 aromatic rings. The molecule has 2 atom stereocenters. The van der Waals surface area contributed by atoms with Crippen LogP contribution < -0.4 is 0 Å². The van der Waals surface area contributed by atoms with Crippen LogP contribution in [0.25, 0.3) is 5.65 Å². The Kier molecular flexibility index (Phi) is 5.43. The smallest absolute Gasteiger partial charge is 0.419 e. The van der Waals surface area contributed by atoms with Gasteiger partial charge in [-0.1, -0.05) is 11.6 Å². The maximum Gasteiger partial charge on any atom is 0.419 e. The first-order valence-electron chi connectivity index (χ1n) is 10.7. The quantitative estimate of drug-likeness (QED) is 0.660. The van der Waals surface area contributed by atoms with Crippen molar-refractivity contribution < 1.29 is 32.2 Å². The van der Waals surface area contributed by atoms with Crippen LogP contribution in [-0.4, -0.2) is 76.7 Å². The van der Waals surface area contributed by atoms with Gasteiger partial charge in [0.2, 0.25) is 0 Å². The fourth-order valence-electron chi connectivity index (χ4n) is 4.66. The van der Waals surface area contributed by atoms with Crippen molar-refractivity contribution in [2.24, 2.45) is 0 Å². The van der Waals surface area contributed by atoms with E-state index >= 15 is 0 Å². The molecule has 5 rings (SSSR count). The van der Waals surface area contributed by atoms with E-state index in [4.69, 9.17) is 21.1 Å². The highest BCUT2D eigenvalue weighted by molar-refractivity contribution is 6.33. The molecule has 3 aliphatic rings. The van der Waals surface area contributed by atoms with Gasteiger partial charge in [0.15, 0.2) is 11.3 Å². The van der Waals surface area contributed by atoms with Crippen LogP contribution in [0.1, 0.15) is 46.8 Å². The number of likely N-dealkylation sites (tertiary alicyclic amines) is 1. The van der Waals surface area contributed by atoms with Crippen molar-refractivity contribution in [1.82, 2.24) is 19.2 Å². The number of aromatic nitrogens is 2. The van der Waals surface area contributed by atoms with Crippen LogP contribution in [0.15, 0.2) is 12.3 Å². The summed E-state index contributed by atoms with van der Waals surface area (Å²) in [6.45, 7) is 1.17. The molecule has 0 spiro atoms. The Morgan fingerprint density at radius 3 is 2.64 bits per heavy atom. The molecule has 33 heavy (non-hydrogen) atoms. The number of nitrogens with zero attached hydrogens (tertiary/aromatic N) is 4. The average molecular weight is 487 g/mol. The van der Waals surface area contributed by atoms with Gasteiger partial charge in [0, 0.05) is 26.4 Å². The third kappa shape index (κ3) is 3.90. The maximum atomic E-state index is 13.7. The molecule has 4 heterocycles. The number of carbonyl (C=O) groups is 2. The minimum atomic E-state index is -4.63. The highest BCUT2D eigenvalue weighted by Gasteiger charge is 2.42. The summed E-state index contributed by atoms with van der Waals surface area (Å²) >= 11 is 6.40. The fraction of sp³-hybridized carbons (Fsp3) is 0.571. The van der Waals surface area contributed by atoms with Gasteiger partial charge >= 0.3 is 12.3 Å². The summed E-state index contributed by atoms with van der Waals surface area (Å²) in [5.74, 6) is -0.513. The number of cyclic esters (lactones) is 1. The molecular weight excluding hydrogens is 465 g/mol. The largest absolute Gasteiger partial charge is 0.448 e. The van der Waals surface area contributed by atoms with Crippen LogP contribution in [0.3, 0.4) is 0 Å². The molecule has 178 valence electrons. The second-order valence-electron chi connectivity index (χ2n) is 8.59. The van der Waals surface area contributed by atoms with Crippen LogP contribution >= 0.6 is 11.6 Å². The van der Waals surface area contributed by atoms with E-state index in [0.29, 0.717) is 25.1 Å². The van der Waals surface area contributed by atoms with Gasteiger partial charge in [0.25, 0.3) is 5.91 Å². The van der Waals surface area contributed by atoms with Crippen molar-refractivity contribution in [3.05, 3.63) is 34.2 Å². The van der Waals surface area contributed by atoms with Gasteiger partial charge in [0.1, 0.15) is 11.8 Å². The minimum Gasteiger partial charge on any atom is -0.448 e. The van der Waals surface area contributed by atoms with E-state index < -0.39 is 35.5 Å². The maximum absolute atomic E-state index is 13.7. The molecule has 12 heteroatoms. The Morgan fingerprint density at radius 2 is 2.03 bits per heavy atom. The van der Waals surface area contributed by atoms with Crippen molar-refractivity contribution in [1.29, 1.82) is 0 Å². The molecule has 2 aliphatic heterocycles. The molecule has 0 N–H and O–H groups in total. The topological polar surface area (TPSA) is 76.4 Å². The zero-order chi connectivity index (χ0) is 23.5. The number of amides is 2. The van der Waals surface area contributed by atoms with Gasteiger partial charge < -0.3 is 14.4 Å². The van der Waals surface area contributed by atoms with Crippen molar-refractivity contribution in [2.75, 3.05) is 33.4 Å². The number of pyridine rings is 1. The van der Waals surface area contributed by atoms with Gasteiger partial charge in [-0.3, -0.25) is 14.1 Å². The fourth-order valence-corrected chi connectivity index (χ4v) is 4.91. The van der Waals surface area contributed by atoms with Gasteiger partial charge in [-0.2, -0.15) is 13.2 Å². The lowest BCUT2D eigenvalue weighted by Gasteiger charge is -2.40. The Hall–Kier alpha value is -2.53. The van der Waals surface area contributed by atoms with Crippen molar-refractivity contribution in [3.63, 3.8) is 0 Å². The number of alkyl halides is 3. The number of carbonyl (C=O) groups excluding carboxylic acids is 2. The van der Waals surface area contributed by atoms with Crippen LogP contribution in [0.5, 0.6) is 0 Å². The van der Waals surface area contributed by atoms with E-state index in [1.165, 1.54) is 18.2 Å².